The molecule has 0 bridgehead atoms. The minimum atomic E-state index is -4.56. The zero-order chi connectivity index (χ0) is 16.3. The van der Waals surface area contributed by atoms with Crippen LogP contribution in [-0.4, -0.2) is 40.6 Å². The van der Waals surface area contributed by atoms with Crippen molar-refractivity contribution in [3.05, 3.63) is 35.9 Å². The van der Waals surface area contributed by atoms with Crippen molar-refractivity contribution in [3.63, 3.8) is 0 Å². The molecule has 4 nitrogen and oxygen atoms in total. The summed E-state index contributed by atoms with van der Waals surface area (Å²) in [5, 5.41) is 9.03. The molecule has 0 unspecified atom stereocenters. The van der Waals surface area contributed by atoms with E-state index >= 15 is 0 Å². The van der Waals surface area contributed by atoms with Gasteiger partial charge < -0.3 is 10.0 Å². The van der Waals surface area contributed by atoms with Gasteiger partial charge in [-0.1, -0.05) is 30.3 Å². The number of carboxylic acids is 1. The Kier molecular flexibility index (Phi) is 4.73. The topological polar surface area (TPSA) is 57.6 Å². The van der Waals surface area contributed by atoms with Gasteiger partial charge in [-0.3, -0.25) is 4.79 Å². The predicted octanol–water partition coefficient (Wildman–Crippen LogP) is 2.80. The van der Waals surface area contributed by atoms with Crippen molar-refractivity contribution in [1.29, 1.82) is 0 Å². The van der Waals surface area contributed by atoms with Crippen LogP contribution in [0, 0.1) is 0 Å². The van der Waals surface area contributed by atoms with Crippen LogP contribution in [0.15, 0.2) is 30.3 Å². The summed E-state index contributed by atoms with van der Waals surface area (Å²) in [5.41, 5.74) is 0.00872. The Balaban J connectivity index is 2.17. The van der Waals surface area contributed by atoms with Crippen molar-refractivity contribution < 1.29 is 27.9 Å². The number of halogens is 3. The van der Waals surface area contributed by atoms with Gasteiger partial charge in [0, 0.05) is 13.0 Å². The van der Waals surface area contributed by atoms with Gasteiger partial charge in [0.2, 0.25) is 5.91 Å². The van der Waals surface area contributed by atoms with Crippen molar-refractivity contribution in [3.8, 4) is 0 Å². The molecule has 0 saturated carbocycles. The molecule has 0 aliphatic carbocycles. The maximum Gasteiger partial charge on any atom is 0.396 e. The molecule has 1 aliphatic heterocycles. The molecule has 1 aliphatic rings. The van der Waals surface area contributed by atoms with E-state index in [1.54, 1.807) is 6.07 Å². The van der Waals surface area contributed by atoms with Crippen LogP contribution in [0.25, 0.3) is 0 Å². The number of carbonyl (C=O) groups excluding carboxylic acids is 1. The molecule has 1 N–H and O–H groups in total. The van der Waals surface area contributed by atoms with Crippen LogP contribution >= 0.6 is 0 Å². The second-order valence-corrected chi connectivity index (χ2v) is 5.29. The SMILES string of the molecule is O=C(O)[C@@H]1CCCN1C(=O)C[C@H](c1ccccc1)C(F)(F)F. The fourth-order valence-corrected chi connectivity index (χ4v) is 2.72. The summed E-state index contributed by atoms with van der Waals surface area (Å²) < 4.78 is 39.7. The molecule has 0 aromatic heterocycles. The van der Waals surface area contributed by atoms with Gasteiger partial charge in [-0.2, -0.15) is 13.2 Å². The van der Waals surface area contributed by atoms with Crippen molar-refractivity contribution in [2.75, 3.05) is 6.54 Å². The maximum atomic E-state index is 13.2. The van der Waals surface area contributed by atoms with Gasteiger partial charge in [0.15, 0.2) is 0 Å². The number of carbonyl (C=O) groups is 2. The van der Waals surface area contributed by atoms with Gasteiger partial charge in [-0.25, -0.2) is 4.79 Å². The zero-order valence-corrected chi connectivity index (χ0v) is 11.7. The highest BCUT2D eigenvalue weighted by Gasteiger charge is 2.44. The first-order chi connectivity index (χ1) is 10.3. The number of hydrogen-bond donors (Lipinski definition) is 1. The summed E-state index contributed by atoms with van der Waals surface area (Å²) in [7, 11) is 0. The van der Waals surface area contributed by atoms with Crippen LogP contribution in [0.2, 0.25) is 0 Å². The third kappa shape index (κ3) is 3.58. The van der Waals surface area contributed by atoms with Crippen molar-refractivity contribution in [2.24, 2.45) is 0 Å². The Bertz CT molecular complexity index is 545. The summed E-state index contributed by atoms with van der Waals surface area (Å²) in [6.07, 6.45) is -4.55. The van der Waals surface area contributed by atoms with Gasteiger partial charge in [-0.15, -0.1) is 0 Å². The molecule has 7 heteroatoms. The highest BCUT2D eigenvalue weighted by atomic mass is 19.4. The molecule has 1 heterocycles. The largest absolute Gasteiger partial charge is 0.480 e. The molecular formula is C15H16F3NO3. The lowest BCUT2D eigenvalue weighted by atomic mass is 9.94. The second kappa shape index (κ2) is 6.37. The quantitative estimate of drug-likeness (QED) is 0.929. The fraction of sp³-hybridized carbons (Fsp3) is 0.467. The standard InChI is InChI=1S/C15H16F3NO3/c16-15(17,18)11(10-5-2-1-3-6-10)9-13(20)19-8-4-7-12(19)14(21)22/h1-3,5-6,11-12H,4,7-9H2,(H,21,22)/t11-,12+/m1/s1. The normalized spacial score (nSPS) is 20.0. The summed E-state index contributed by atoms with van der Waals surface area (Å²) in [6.45, 7) is 0.190. The van der Waals surface area contributed by atoms with E-state index in [1.165, 1.54) is 24.3 Å². The minimum absolute atomic E-state index is 0.00872. The van der Waals surface area contributed by atoms with E-state index in [0.29, 0.717) is 6.42 Å². The number of alkyl halides is 3. The number of nitrogens with zero attached hydrogens (tertiary/aromatic N) is 1. The van der Waals surface area contributed by atoms with Crippen LogP contribution < -0.4 is 0 Å². The smallest absolute Gasteiger partial charge is 0.396 e. The lowest BCUT2D eigenvalue weighted by molar-refractivity contribution is -0.162. The molecule has 120 valence electrons. The van der Waals surface area contributed by atoms with E-state index in [-0.39, 0.29) is 18.5 Å². The molecule has 22 heavy (non-hydrogen) atoms. The first-order valence-corrected chi connectivity index (χ1v) is 6.94. The van der Waals surface area contributed by atoms with E-state index in [0.717, 1.165) is 4.90 Å². The number of aliphatic carboxylic acids is 1. The molecule has 1 aromatic carbocycles. The van der Waals surface area contributed by atoms with Crippen molar-refractivity contribution in [1.82, 2.24) is 4.90 Å². The van der Waals surface area contributed by atoms with Gasteiger partial charge >= 0.3 is 12.1 Å². The highest BCUT2D eigenvalue weighted by molar-refractivity contribution is 5.84. The molecule has 2 atom stereocenters. The first kappa shape index (κ1) is 16.3. The second-order valence-electron chi connectivity index (χ2n) is 5.29. The van der Waals surface area contributed by atoms with E-state index in [4.69, 9.17) is 5.11 Å². The molecule has 1 saturated heterocycles. The Hall–Kier alpha value is -2.05. The van der Waals surface area contributed by atoms with Crippen LogP contribution in [0.1, 0.15) is 30.7 Å². The van der Waals surface area contributed by atoms with Crippen LogP contribution in [0.5, 0.6) is 0 Å². The number of benzene rings is 1. The minimum Gasteiger partial charge on any atom is -0.480 e. The monoisotopic (exact) mass is 315 g/mol. The Morgan fingerprint density at radius 1 is 1.27 bits per heavy atom. The molecule has 1 aromatic rings. The Morgan fingerprint density at radius 3 is 2.45 bits per heavy atom. The van der Waals surface area contributed by atoms with Crippen molar-refractivity contribution in [2.45, 2.75) is 37.4 Å². The van der Waals surface area contributed by atoms with Gasteiger partial charge in [0.05, 0.1) is 5.92 Å². The van der Waals surface area contributed by atoms with Crippen LogP contribution in [0.4, 0.5) is 13.2 Å². The summed E-state index contributed by atoms with van der Waals surface area (Å²) >= 11 is 0. The summed E-state index contributed by atoms with van der Waals surface area (Å²) in [5.74, 6) is -3.86. The van der Waals surface area contributed by atoms with Crippen molar-refractivity contribution >= 4 is 11.9 Å². The predicted molar refractivity (Wildman–Crippen MR) is 72.2 cm³/mol. The van der Waals surface area contributed by atoms with Gasteiger partial charge in [-0.05, 0) is 18.4 Å². The average molecular weight is 315 g/mol. The summed E-state index contributed by atoms with van der Waals surface area (Å²) in [6, 6.07) is 6.19. The summed E-state index contributed by atoms with van der Waals surface area (Å²) in [4.78, 5) is 24.3. The molecular weight excluding hydrogens is 299 g/mol. The molecule has 1 fully saturated rings. The average Bonchev–Trinajstić information content (AvgIpc) is 2.94. The lowest BCUT2D eigenvalue weighted by Gasteiger charge is -2.26. The third-order valence-electron chi connectivity index (χ3n) is 3.83. The molecule has 0 radical (unpaired) electrons. The van der Waals surface area contributed by atoms with Crippen LogP contribution in [0.3, 0.4) is 0 Å². The van der Waals surface area contributed by atoms with Gasteiger partial charge in [0.25, 0.3) is 0 Å². The first-order valence-electron chi connectivity index (χ1n) is 6.94. The lowest BCUT2D eigenvalue weighted by Crippen LogP contribution is -2.41. The Morgan fingerprint density at radius 2 is 1.91 bits per heavy atom. The number of hydrogen-bond acceptors (Lipinski definition) is 2. The van der Waals surface area contributed by atoms with Gasteiger partial charge in [0.1, 0.15) is 6.04 Å². The number of carboxylic acid groups (broad SMARTS) is 1. The molecule has 1 amide bonds. The number of likely N-dealkylation sites (tertiary alicyclic amines) is 1. The van der Waals surface area contributed by atoms with Crippen LogP contribution in [-0.2, 0) is 9.59 Å². The highest BCUT2D eigenvalue weighted by Crippen LogP contribution is 2.38. The molecule has 2 rings (SSSR count). The number of rotatable bonds is 4. The third-order valence-corrected chi connectivity index (χ3v) is 3.83. The van der Waals surface area contributed by atoms with E-state index in [2.05, 4.69) is 0 Å². The molecule has 0 spiro atoms. The number of amides is 1. The zero-order valence-electron chi connectivity index (χ0n) is 11.7. The van der Waals surface area contributed by atoms with E-state index < -0.39 is 36.4 Å². The Labute approximate surface area is 125 Å². The maximum absolute atomic E-state index is 13.2. The fourth-order valence-electron chi connectivity index (χ4n) is 2.72. The van der Waals surface area contributed by atoms with E-state index in [9.17, 15) is 22.8 Å². The van der Waals surface area contributed by atoms with E-state index in [1.807, 2.05) is 0 Å².